The first kappa shape index (κ1) is 21.6. The van der Waals surface area contributed by atoms with Gasteiger partial charge in [-0.2, -0.15) is 5.10 Å². The normalized spacial score (nSPS) is 15.8. The van der Waals surface area contributed by atoms with Crippen molar-refractivity contribution in [2.24, 2.45) is 5.92 Å². The van der Waals surface area contributed by atoms with Gasteiger partial charge < -0.3 is 15.8 Å². The predicted octanol–water partition coefficient (Wildman–Crippen LogP) is 2.21. The Morgan fingerprint density at radius 3 is 2.50 bits per heavy atom. The zero-order valence-electron chi connectivity index (χ0n) is 18.2. The monoisotopic (exact) mass is 434 g/mol. The number of aromatic nitrogens is 5. The maximum absolute atomic E-state index is 12.8. The van der Waals surface area contributed by atoms with Crippen LogP contribution in [0.3, 0.4) is 0 Å². The summed E-state index contributed by atoms with van der Waals surface area (Å²) in [6.07, 6.45) is 8.15. The first-order valence-electron chi connectivity index (χ1n) is 10.4. The van der Waals surface area contributed by atoms with E-state index < -0.39 is 5.41 Å². The van der Waals surface area contributed by atoms with E-state index in [2.05, 4.69) is 25.4 Å². The quantitative estimate of drug-likeness (QED) is 0.398. The van der Waals surface area contributed by atoms with Crippen molar-refractivity contribution in [3.8, 4) is 11.3 Å². The first-order chi connectivity index (χ1) is 15.3. The van der Waals surface area contributed by atoms with E-state index in [4.69, 9.17) is 15.9 Å². The third-order valence-electron chi connectivity index (χ3n) is 6.10. The Balaban J connectivity index is 1.53. The number of hydrogen-bond donors (Lipinski definition) is 3. The lowest BCUT2D eigenvalue weighted by Gasteiger charge is -2.34. The number of nitrogens with two attached hydrogens (primary N) is 1. The highest BCUT2D eigenvalue weighted by Crippen LogP contribution is 2.33. The number of hydrogen-bond acceptors (Lipinski definition) is 8. The molecule has 4 heterocycles. The van der Waals surface area contributed by atoms with Gasteiger partial charge in [-0.15, -0.1) is 0 Å². The number of amides is 1. The molecular formula is C22H26N8O2. The molecule has 0 bridgehead atoms. The van der Waals surface area contributed by atoms with Gasteiger partial charge in [-0.3, -0.25) is 19.9 Å². The Labute approximate surface area is 185 Å². The molecular weight excluding hydrogens is 408 g/mol. The molecule has 0 spiro atoms. The van der Waals surface area contributed by atoms with Crippen LogP contribution in [-0.4, -0.2) is 49.7 Å². The maximum atomic E-state index is 12.8. The van der Waals surface area contributed by atoms with Crippen molar-refractivity contribution in [3.05, 3.63) is 54.2 Å². The molecule has 1 aliphatic heterocycles. The Bertz CT molecular complexity index is 1120. The Hall–Kier alpha value is -3.66. The van der Waals surface area contributed by atoms with E-state index in [0.29, 0.717) is 24.5 Å². The molecule has 3 aromatic rings. The second-order valence-electron chi connectivity index (χ2n) is 8.35. The SMILES string of the molecule is CC(C)[C@@](C)(C(=N)NC(=O)c1cnn(C2COC2)c1)c1ccc(-c2cnc(N)nc2)nc1. The second-order valence-corrected chi connectivity index (χ2v) is 8.35. The van der Waals surface area contributed by atoms with Crippen LogP contribution in [0, 0.1) is 11.3 Å². The molecule has 10 nitrogen and oxygen atoms in total. The molecule has 1 atom stereocenters. The highest BCUT2D eigenvalue weighted by atomic mass is 16.5. The summed E-state index contributed by atoms with van der Waals surface area (Å²) in [5.74, 6) is -0.0364. The third kappa shape index (κ3) is 3.96. The Morgan fingerprint density at radius 1 is 1.22 bits per heavy atom. The van der Waals surface area contributed by atoms with Crippen molar-refractivity contribution < 1.29 is 9.53 Å². The number of nitrogens with one attached hydrogen (secondary N) is 2. The van der Waals surface area contributed by atoms with Crippen LogP contribution < -0.4 is 11.1 Å². The van der Waals surface area contributed by atoms with E-state index in [-0.39, 0.29) is 29.7 Å². The van der Waals surface area contributed by atoms with E-state index in [1.807, 2.05) is 32.9 Å². The molecule has 4 N–H and O–H groups in total. The van der Waals surface area contributed by atoms with E-state index >= 15 is 0 Å². The standard InChI is InChI=1S/C22H26N8O2/c1-13(2)22(3,16-4-5-18(25-9-16)14-6-26-21(24)27-7-14)20(23)29-19(31)15-8-28-30(10-15)17-11-32-12-17/h4-10,13,17H,11-12H2,1-3H3,(H2,23,29,31)(H2,24,26,27)/t22-/m1/s1. The van der Waals surface area contributed by atoms with Crippen LogP contribution in [0.25, 0.3) is 11.3 Å². The number of anilines is 1. The van der Waals surface area contributed by atoms with E-state index in [1.54, 1.807) is 29.5 Å². The van der Waals surface area contributed by atoms with Crippen molar-refractivity contribution in [3.63, 3.8) is 0 Å². The number of carbonyl (C=O) groups excluding carboxylic acids is 1. The number of carbonyl (C=O) groups is 1. The van der Waals surface area contributed by atoms with Crippen LogP contribution in [-0.2, 0) is 10.2 Å². The Morgan fingerprint density at radius 2 is 1.94 bits per heavy atom. The molecule has 4 rings (SSSR count). The van der Waals surface area contributed by atoms with Gasteiger partial charge in [0.1, 0.15) is 5.84 Å². The van der Waals surface area contributed by atoms with Gasteiger partial charge in [0.2, 0.25) is 5.95 Å². The van der Waals surface area contributed by atoms with Crippen LogP contribution in [0.1, 0.15) is 42.7 Å². The summed E-state index contributed by atoms with van der Waals surface area (Å²) >= 11 is 0. The van der Waals surface area contributed by atoms with Crippen LogP contribution in [0.15, 0.2) is 43.1 Å². The average Bonchev–Trinajstić information content (AvgIpc) is 3.22. The summed E-state index contributed by atoms with van der Waals surface area (Å²) in [7, 11) is 0. The van der Waals surface area contributed by atoms with Crippen LogP contribution in [0.5, 0.6) is 0 Å². The highest BCUT2D eigenvalue weighted by Gasteiger charge is 2.37. The molecule has 1 saturated heterocycles. The minimum Gasteiger partial charge on any atom is -0.377 e. The Kier molecular flexibility index (Phi) is 5.70. The van der Waals surface area contributed by atoms with Crippen molar-refractivity contribution in [2.45, 2.75) is 32.2 Å². The van der Waals surface area contributed by atoms with Gasteiger partial charge in [0.15, 0.2) is 0 Å². The van der Waals surface area contributed by atoms with Crippen molar-refractivity contribution in [1.82, 2.24) is 30.0 Å². The van der Waals surface area contributed by atoms with Crippen molar-refractivity contribution in [2.75, 3.05) is 18.9 Å². The number of ether oxygens (including phenoxy) is 1. The molecule has 3 aromatic heterocycles. The minimum atomic E-state index is -0.753. The van der Waals surface area contributed by atoms with Gasteiger partial charge in [-0.05, 0) is 24.5 Å². The van der Waals surface area contributed by atoms with E-state index in [9.17, 15) is 4.79 Å². The molecule has 0 aliphatic carbocycles. The average molecular weight is 435 g/mol. The molecule has 10 heteroatoms. The van der Waals surface area contributed by atoms with Crippen LogP contribution in [0.2, 0.25) is 0 Å². The maximum Gasteiger partial charge on any atom is 0.259 e. The molecule has 1 fully saturated rings. The van der Waals surface area contributed by atoms with Crippen LogP contribution >= 0.6 is 0 Å². The van der Waals surface area contributed by atoms with E-state index in [0.717, 1.165) is 11.1 Å². The third-order valence-corrected chi connectivity index (χ3v) is 6.10. The second kappa shape index (κ2) is 8.46. The molecule has 0 aromatic carbocycles. The largest absolute Gasteiger partial charge is 0.377 e. The van der Waals surface area contributed by atoms with Gasteiger partial charge in [0.25, 0.3) is 5.91 Å². The number of nitrogen functional groups attached to an aromatic ring is 1. The summed E-state index contributed by atoms with van der Waals surface area (Å²) in [5.41, 5.74) is 7.46. The van der Waals surface area contributed by atoms with Gasteiger partial charge >= 0.3 is 0 Å². The van der Waals surface area contributed by atoms with Gasteiger partial charge in [0.05, 0.1) is 42.1 Å². The minimum absolute atomic E-state index is 0.0256. The lowest BCUT2D eigenvalue weighted by atomic mass is 9.72. The fraction of sp³-hybridized carbons (Fsp3) is 0.364. The molecule has 0 saturated carbocycles. The molecule has 32 heavy (non-hydrogen) atoms. The lowest BCUT2D eigenvalue weighted by molar-refractivity contribution is -0.0286. The van der Waals surface area contributed by atoms with Crippen LogP contribution in [0.4, 0.5) is 5.95 Å². The molecule has 166 valence electrons. The lowest BCUT2D eigenvalue weighted by Crippen LogP contribution is -2.47. The molecule has 0 unspecified atom stereocenters. The molecule has 1 amide bonds. The van der Waals surface area contributed by atoms with Gasteiger partial charge in [0, 0.05) is 30.4 Å². The predicted molar refractivity (Wildman–Crippen MR) is 119 cm³/mol. The van der Waals surface area contributed by atoms with Gasteiger partial charge in [-0.1, -0.05) is 19.9 Å². The number of nitrogens with zero attached hydrogens (tertiary/aromatic N) is 5. The highest BCUT2D eigenvalue weighted by molar-refractivity contribution is 6.08. The summed E-state index contributed by atoms with van der Waals surface area (Å²) < 4.78 is 6.90. The fourth-order valence-electron chi connectivity index (χ4n) is 3.45. The van der Waals surface area contributed by atoms with Crippen molar-refractivity contribution >= 4 is 17.7 Å². The summed E-state index contributed by atoms with van der Waals surface area (Å²) in [6, 6.07) is 3.92. The first-order valence-corrected chi connectivity index (χ1v) is 10.4. The molecule has 1 aliphatic rings. The number of pyridine rings is 1. The fourth-order valence-corrected chi connectivity index (χ4v) is 3.45. The summed E-state index contributed by atoms with van der Waals surface area (Å²) in [6.45, 7) is 7.14. The molecule has 0 radical (unpaired) electrons. The number of amidine groups is 1. The zero-order valence-corrected chi connectivity index (χ0v) is 18.2. The van der Waals surface area contributed by atoms with Gasteiger partial charge in [-0.25, -0.2) is 9.97 Å². The summed E-state index contributed by atoms with van der Waals surface area (Å²) in [4.78, 5) is 25.3. The number of rotatable bonds is 6. The van der Waals surface area contributed by atoms with E-state index in [1.165, 1.54) is 6.20 Å². The smallest absolute Gasteiger partial charge is 0.259 e. The van der Waals surface area contributed by atoms with Crippen molar-refractivity contribution in [1.29, 1.82) is 5.41 Å². The topological polar surface area (TPSA) is 145 Å². The zero-order chi connectivity index (χ0) is 22.9. The summed E-state index contributed by atoms with van der Waals surface area (Å²) in [5, 5.41) is 15.7.